The molecule has 0 radical (unpaired) electrons. The van der Waals surface area contributed by atoms with E-state index in [1.807, 2.05) is 6.08 Å². The predicted octanol–water partition coefficient (Wildman–Crippen LogP) is 8.50. The normalized spacial score (nSPS) is 17.8. The molecule has 0 bridgehead atoms. The van der Waals surface area contributed by atoms with Crippen molar-refractivity contribution in [3.8, 4) is 22.6 Å². The largest absolute Gasteiger partial charge is 0.504 e. The first-order valence-electron chi connectivity index (χ1n) is 13.4. The monoisotopic (exact) mass is 575 g/mol. The molecule has 9 heteroatoms. The van der Waals surface area contributed by atoms with Crippen LogP contribution in [0.2, 0.25) is 0 Å². The van der Waals surface area contributed by atoms with Crippen LogP contribution in [0.15, 0.2) is 59.5 Å². The van der Waals surface area contributed by atoms with Crippen molar-refractivity contribution in [2.45, 2.75) is 48.6 Å². The zero-order valence-corrected chi connectivity index (χ0v) is 22.6. The summed E-state index contributed by atoms with van der Waals surface area (Å²) in [4.78, 5) is 2.30. The van der Waals surface area contributed by atoms with E-state index in [1.165, 1.54) is 12.1 Å². The second kappa shape index (κ2) is 12.2. The van der Waals surface area contributed by atoms with Gasteiger partial charge in [0.25, 0.3) is 0 Å². The molecular formula is C31H30F5NO2S. The third-order valence-electron chi connectivity index (χ3n) is 7.34. The maximum absolute atomic E-state index is 15.4. The lowest BCUT2D eigenvalue weighted by Crippen LogP contribution is -2.26. The molecule has 0 unspecified atom stereocenters. The van der Waals surface area contributed by atoms with E-state index in [0.717, 1.165) is 37.2 Å². The number of thioether (sulfide) groups is 1. The second-order valence-corrected chi connectivity index (χ2v) is 11.3. The molecule has 1 saturated heterocycles. The van der Waals surface area contributed by atoms with E-state index in [1.54, 1.807) is 42.5 Å². The number of allylic oxidation sites excluding steroid dienone is 1. The fourth-order valence-electron chi connectivity index (χ4n) is 5.40. The van der Waals surface area contributed by atoms with Crippen molar-refractivity contribution in [2.75, 3.05) is 26.3 Å². The number of benzene rings is 3. The van der Waals surface area contributed by atoms with Gasteiger partial charge in [0.05, 0.1) is 6.67 Å². The molecule has 1 aliphatic heterocycles. The van der Waals surface area contributed by atoms with Crippen molar-refractivity contribution in [3.63, 3.8) is 0 Å². The lowest BCUT2D eigenvalue weighted by molar-refractivity contribution is -0.0328. The van der Waals surface area contributed by atoms with Gasteiger partial charge in [-0.15, -0.1) is 0 Å². The number of nitrogens with zero attached hydrogens (tertiary/aromatic N) is 1. The molecule has 1 aliphatic carbocycles. The summed E-state index contributed by atoms with van der Waals surface area (Å²) >= 11 is -0.156. The van der Waals surface area contributed by atoms with Crippen molar-refractivity contribution in [1.29, 1.82) is 0 Å². The Kier molecular flexibility index (Phi) is 8.71. The van der Waals surface area contributed by atoms with Crippen LogP contribution in [-0.4, -0.2) is 47.9 Å². The summed E-state index contributed by atoms with van der Waals surface area (Å²) in [7, 11) is 0. The zero-order valence-electron chi connectivity index (χ0n) is 21.8. The molecule has 1 heterocycles. The quantitative estimate of drug-likeness (QED) is 0.216. The first-order valence-corrected chi connectivity index (χ1v) is 14.2. The minimum atomic E-state index is -4.35. The van der Waals surface area contributed by atoms with Crippen molar-refractivity contribution in [2.24, 2.45) is 0 Å². The number of rotatable bonds is 8. The number of fused-ring (bicyclic) bond motifs is 1. The van der Waals surface area contributed by atoms with E-state index in [0.29, 0.717) is 53.7 Å². The minimum absolute atomic E-state index is 0.0217. The average molecular weight is 576 g/mol. The lowest BCUT2D eigenvalue weighted by atomic mass is 9.95. The number of likely N-dealkylation sites (tertiary alicyclic amines) is 1. The van der Waals surface area contributed by atoms with Crippen molar-refractivity contribution < 1.29 is 31.8 Å². The molecule has 0 spiro atoms. The van der Waals surface area contributed by atoms with E-state index in [2.05, 4.69) is 4.90 Å². The highest BCUT2D eigenvalue weighted by Gasteiger charge is 2.29. The minimum Gasteiger partial charge on any atom is -0.504 e. The highest BCUT2D eigenvalue weighted by molar-refractivity contribution is 8.00. The number of phenolic OH excluding ortho intramolecular Hbond substituents is 1. The summed E-state index contributed by atoms with van der Waals surface area (Å²) in [5.74, 6) is -0.385. The van der Waals surface area contributed by atoms with Gasteiger partial charge in [-0.1, -0.05) is 30.3 Å². The molecule has 1 fully saturated rings. The highest BCUT2D eigenvalue weighted by Crippen LogP contribution is 2.41. The van der Waals surface area contributed by atoms with E-state index in [9.17, 15) is 22.7 Å². The van der Waals surface area contributed by atoms with Crippen LogP contribution < -0.4 is 4.74 Å². The van der Waals surface area contributed by atoms with Gasteiger partial charge in [-0.3, -0.25) is 9.29 Å². The lowest BCUT2D eigenvalue weighted by Gasteiger charge is -2.17. The summed E-state index contributed by atoms with van der Waals surface area (Å²) in [6, 6.07) is 15.1. The molecule has 3 aromatic carbocycles. The number of hydrogen-bond acceptors (Lipinski definition) is 4. The van der Waals surface area contributed by atoms with Crippen molar-refractivity contribution >= 4 is 23.4 Å². The number of alkyl halides is 4. The standard InChI is InChI=1S/C31H30F5NO2S/c32-14-2-15-37-16-13-25(19-37)39-24-9-5-21(6-10-24)28-18-23-17-22(3-1-4-27(23)29(33)30(28)38)20-7-11-26(12-8-20)40-31(34,35)36/h5-12,17-18,25,38H,1-4,13-16,19H2/t25-/m0/s1. The first-order chi connectivity index (χ1) is 19.2. The third-order valence-corrected chi connectivity index (χ3v) is 8.08. The Labute approximate surface area is 234 Å². The number of hydrogen-bond donors (Lipinski definition) is 1. The first kappa shape index (κ1) is 28.5. The van der Waals surface area contributed by atoms with Gasteiger partial charge in [-0.05, 0) is 102 Å². The Bertz CT molecular complexity index is 1360. The summed E-state index contributed by atoms with van der Waals surface area (Å²) in [5, 5.41) is 10.8. The van der Waals surface area contributed by atoms with E-state index < -0.39 is 17.1 Å². The van der Waals surface area contributed by atoms with Crippen LogP contribution in [0, 0.1) is 5.82 Å². The Balaban J connectivity index is 1.36. The Hall–Kier alpha value is -3.04. The molecule has 3 aromatic rings. The van der Waals surface area contributed by atoms with Crippen LogP contribution in [0.4, 0.5) is 22.0 Å². The van der Waals surface area contributed by atoms with Crippen molar-refractivity contribution in [1.82, 2.24) is 4.90 Å². The van der Waals surface area contributed by atoms with Gasteiger partial charge in [-0.2, -0.15) is 13.2 Å². The third kappa shape index (κ3) is 6.81. The van der Waals surface area contributed by atoms with Gasteiger partial charge in [0.1, 0.15) is 11.9 Å². The van der Waals surface area contributed by atoms with Crippen LogP contribution in [0.1, 0.15) is 42.4 Å². The van der Waals surface area contributed by atoms with Gasteiger partial charge in [0.2, 0.25) is 0 Å². The smallest absolute Gasteiger partial charge is 0.446 e. The molecule has 0 saturated carbocycles. The van der Waals surface area contributed by atoms with Crippen LogP contribution in [0.25, 0.3) is 22.8 Å². The summed E-state index contributed by atoms with van der Waals surface area (Å²) in [6.07, 6.45) is 4.99. The van der Waals surface area contributed by atoms with Crippen LogP contribution in [0.5, 0.6) is 11.5 Å². The topological polar surface area (TPSA) is 32.7 Å². The summed E-state index contributed by atoms with van der Waals surface area (Å²) in [5.41, 5.74) is -0.599. The van der Waals surface area contributed by atoms with Gasteiger partial charge in [0, 0.05) is 30.1 Å². The number of aromatic hydroxyl groups is 1. The van der Waals surface area contributed by atoms with Gasteiger partial charge < -0.3 is 9.84 Å². The fraction of sp³-hybridized carbons (Fsp3) is 0.355. The van der Waals surface area contributed by atoms with Crippen molar-refractivity contribution in [3.05, 3.63) is 77.1 Å². The van der Waals surface area contributed by atoms with E-state index in [4.69, 9.17) is 4.74 Å². The molecule has 1 N–H and O–H groups in total. The molecular weight excluding hydrogens is 545 g/mol. The van der Waals surface area contributed by atoms with E-state index >= 15 is 4.39 Å². The van der Waals surface area contributed by atoms with Crippen LogP contribution in [-0.2, 0) is 6.42 Å². The Morgan fingerprint density at radius 2 is 1.73 bits per heavy atom. The Morgan fingerprint density at radius 3 is 2.42 bits per heavy atom. The maximum Gasteiger partial charge on any atom is 0.446 e. The predicted molar refractivity (Wildman–Crippen MR) is 149 cm³/mol. The number of phenols is 1. The average Bonchev–Trinajstić information content (AvgIpc) is 3.25. The van der Waals surface area contributed by atoms with Crippen LogP contribution >= 0.6 is 11.8 Å². The fourth-order valence-corrected chi connectivity index (χ4v) is 5.94. The molecule has 5 rings (SSSR count). The molecule has 0 aromatic heterocycles. The highest BCUT2D eigenvalue weighted by atomic mass is 32.2. The second-order valence-electron chi connectivity index (χ2n) is 10.1. The maximum atomic E-state index is 15.4. The zero-order chi connectivity index (χ0) is 28.3. The number of halogens is 5. The van der Waals surface area contributed by atoms with Gasteiger partial charge in [0.15, 0.2) is 11.6 Å². The number of ether oxygens (including phenoxy) is 1. The van der Waals surface area contributed by atoms with Gasteiger partial charge >= 0.3 is 5.51 Å². The van der Waals surface area contributed by atoms with E-state index in [-0.39, 0.29) is 29.4 Å². The molecule has 3 nitrogen and oxygen atoms in total. The Morgan fingerprint density at radius 1 is 1.00 bits per heavy atom. The molecule has 2 aliphatic rings. The molecule has 40 heavy (non-hydrogen) atoms. The summed E-state index contributed by atoms with van der Waals surface area (Å²) < 4.78 is 72.0. The van der Waals surface area contributed by atoms with Gasteiger partial charge in [-0.25, -0.2) is 4.39 Å². The molecule has 0 amide bonds. The summed E-state index contributed by atoms with van der Waals surface area (Å²) in [6.45, 7) is 2.01. The van der Waals surface area contributed by atoms with Crippen LogP contribution in [0.3, 0.4) is 0 Å². The SMILES string of the molecule is Oc1c(-c2ccc(O[C@H]3CCN(CCCF)C3)cc2)cc2c(c1F)CCCC(c1ccc(SC(F)(F)F)cc1)=C2. The molecule has 212 valence electrons. The molecule has 1 atom stereocenters.